The van der Waals surface area contributed by atoms with Crippen molar-refractivity contribution in [2.75, 3.05) is 5.32 Å². The molecule has 11 heteroatoms. The molecule has 9 nitrogen and oxygen atoms in total. The van der Waals surface area contributed by atoms with Crippen molar-refractivity contribution in [3.05, 3.63) is 87.7 Å². The van der Waals surface area contributed by atoms with E-state index in [1.165, 1.54) is 35.9 Å². The predicted molar refractivity (Wildman–Crippen MR) is 147 cm³/mol. The number of fused-ring (bicyclic) bond motifs is 1. The van der Waals surface area contributed by atoms with Gasteiger partial charge in [-0.1, -0.05) is 13.0 Å². The highest BCUT2D eigenvalue weighted by atomic mass is 32.2. The maximum Gasteiger partial charge on any atom is 0.282 e. The SMILES string of the molecule is CCc1ccc2c(c1)c(-c1ccc[nH]c1=O)c(C(=O)NS(=O)(=O)C1CC1)n2Cc1cc(NC(C)=O)ccc1F. The van der Waals surface area contributed by atoms with Gasteiger partial charge in [-0.15, -0.1) is 0 Å². The lowest BCUT2D eigenvalue weighted by Crippen LogP contribution is -2.35. The van der Waals surface area contributed by atoms with Gasteiger partial charge in [0.2, 0.25) is 15.9 Å². The Balaban J connectivity index is 1.78. The number of nitrogens with zero attached hydrogens (tertiary/aromatic N) is 1. The maximum absolute atomic E-state index is 15.0. The van der Waals surface area contributed by atoms with Crippen LogP contribution in [0.15, 0.2) is 59.5 Å². The minimum Gasteiger partial charge on any atom is -0.331 e. The fourth-order valence-electron chi connectivity index (χ4n) is 4.70. The van der Waals surface area contributed by atoms with Crippen LogP contribution < -0.4 is 15.6 Å². The lowest BCUT2D eigenvalue weighted by atomic mass is 10.0. The van der Waals surface area contributed by atoms with Crippen molar-refractivity contribution in [1.82, 2.24) is 14.3 Å². The van der Waals surface area contributed by atoms with Crippen molar-refractivity contribution in [3.63, 3.8) is 0 Å². The van der Waals surface area contributed by atoms with Gasteiger partial charge in [0.05, 0.1) is 11.8 Å². The van der Waals surface area contributed by atoms with E-state index in [4.69, 9.17) is 0 Å². The molecule has 1 fully saturated rings. The van der Waals surface area contributed by atoms with Crippen LogP contribution in [0.2, 0.25) is 0 Å². The summed E-state index contributed by atoms with van der Waals surface area (Å²) in [6.45, 7) is 3.13. The number of pyridine rings is 1. The van der Waals surface area contributed by atoms with E-state index in [0.717, 1.165) is 5.56 Å². The first-order valence-corrected chi connectivity index (χ1v) is 14.1. The molecule has 5 rings (SSSR count). The quantitative estimate of drug-likeness (QED) is 0.306. The Labute approximate surface area is 224 Å². The number of aryl methyl sites for hydroxylation is 1. The summed E-state index contributed by atoms with van der Waals surface area (Å²) in [6.07, 6.45) is 3.05. The summed E-state index contributed by atoms with van der Waals surface area (Å²) in [4.78, 5) is 40.9. The first-order chi connectivity index (χ1) is 18.6. The molecular formula is C28H27FN4O5S. The average Bonchev–Trinajstić information content (AvgIpc) is 3.70. The summed E-state index contributed by atoms with van der Waals surface area (Å²) < 4.78 is 44.3. The smallest absolute Gasteiger partial charge is 0.282 e. The van der Waals surface area contributed by atoms with Crippen LogP contribution in [0.5, 0.6) is 0 Å². The molecule has 2 aromatic heterocycles. The number of halogens is 1. The number of hydrogen-bond acceptors (Lipinski definition) is 5. The summed E-state index contributed by atoms with van der Waals surface area (Å²) in [6, 6.07) is 12.8. The highest BCUT2D eigenvalue weighted by molar-refractivity contribution is 7.91. The zero-order valence-electron chi connectivity index (χ0n) is 21.4. The number of H-pyrrole nitrogens is 1. The van der Waals surface area contributed by atoms with Crippen LogP contribution >= 0.6 is 0 Å². The fraction of sp³-hybridized carbons (Fsp3) is 0.250. The van der Waals surface area contributed by atoms with Crippen molar-refractivity contribution in [3.8, 4) is 11.1 Å². The molecule has 0 spiro atoms. The summed E-state index contributed by atoms with van der Waals surface area (Å²) in [7, 11) is -3.93. The van der Waals surface area contributed by atoms with Gasteiger partial charge in [-0.05, 0) is 67.3 Å². The van der Waals surface area contributed by atoms with Crippen molar-refractivity contribution in [2.45, 2.75) is 44.9 Å². The number of carbonyl (C=O) groups is 2. The van der Waals surface area contributed by atoms with E-state index in [-0.39, 0.29) is 34.8 Å². The average molecular weight is 551 g/mol. The molecule has 0 atom stereocenters. The van der Waals surface area contributed by atoms with E-state index >= 15 is 4.39 Å². The van der Waals surface area contributed by atoms with Gasteiger partial charge >= 0.3 is 0 Å². The van der Waals surface area contributed by atoms with Crippen LogP contribution in [0.1, 0.15) is 48.3 Å². The van der Waals surface area contributed by atoms with Crippen LogP contribution in [-0.2, 0) is 27.8 Å². The second-order valence-corrected chi connectivity index (χ2v) is 11.6. The molecule has 202 valence electrons. The molecule has 0 aliphatic heterocycles. The summed E-state index contributed by atoms with van der Waals surface area (Å²) in [5.74, 6) is -1.82. The lowest BCUT2D eigenvalue weighted by molar-refractivity contribution is -0.114. The van der Waals surface area contributed by atoms with Crippen LogP contribution in [0.3, 0.4) is 0 Å². The number of benzene rings is 2. The van der Waals surface area contributed by atoms with Gasteiger partial charge in [0.15, 0.2) is 0 Å². The van der Waals surface area contributed by atoms with E-state index in [2.05, 4.69) is 15.0 Å². The van der Waals surface area contributed by atoms with E-state index in [0.29, 0.717) is 35.9 Å². The zero-order chi connectivity index (χ0) is 27.9. The summed E-state index contributed by atoms with van der Waals surface area (Å²) in [5.41, 5.74) is 1.87. The first-order valence-electron chi connectivity index (χ1n) is 12.5. The minimum absolute atomic E-state index is 0.0801. The van der Waals surface area contributed by atoms with Gasteiger partial charge in [0.1, 0.15) is 11.5 Å². The number of nitrogens with one attached hydrogen (secondary N) is 3. The summed E-state index contributed by atoms with van der Waals surface area (Å²) in [5, 5.41) is 2.52. The number of anilines is 1. The van der Waals surface area contributed by atoms with Gasteiger partial charge in [-0.2, -0.15) is 0 Å². The van der Waals surface area contributed by atoms with Crippen molar-refractivity contribution < 1.29 is 22.4 Å². The third-order valence-electron chi connectivity index (χ3n) is 6.73. The minimum atomic E-state index is -3.93. The highest BCUT2D eigenvalue weighted by Gasteiger charge is 2.38. The Morgan fingerprint density at radius 3 is 2.56 bits per heavy atom. The molecule has 39 heavy (non-hydrogen) atoms. The fourth-order valence-corrected chi connectivity index (χ4v) is 5.98. The number of aromatic nitrogens is 2. The number of amides is 2. The van der Waals surface area contributed by atoms with Gasteiger partial charge in [-0.25, -0.2) is 17.5 Å². The molecular weight excluding hydrogens is 523 g/mol. The Morgan fingerprint density at radius 2 is 1.90 bits per heavy atom. The largest absolute Gasteiger partial charge is 0.331 e. The van der Waals surface area contributed by atoms with Gasteiger partial charge in [0.25, 0.3) is 11.5 Å². The van der Waals surface area contributed by atoms with E-state index in [1.807, 2.05) is 19.1 Å². The number of aromatic amines is 1. The summed E-state index contributed by atoms with van der Waals surface area (Å²) >= 11 is 0. The molecule has 2 aromatic carbocycles. The second-order valence-electron chi connectivity index (χ2n) is 9.59. The molecule has 1 aliphatic carbocycles. The Kier molecular flexibility index (Phi) is 6.85. The van der Waals surface area contributed by atoms with Gasteiger partial charge in [-0.3, -0.25) is 14.4 Å². The maximum atomic E-state index is 15.0. The van der Waals surface area contributed by atoms with Crippen LogP contribution in [0.4, 0.5) is 10.1 Å². The Bertz CT molecular complexity index is 1790. The van der Waals surface area contributed by atoms with E-state index in [1.54, 1.807) is 18.2 Å². The molecule has 2 heterocycles. The molecule has 1 aliphatic rings. The normalized spacial score (nSPS) is 13.4. The molecule has 1 saturated carbocycles. The molecule has 4 aromatic rings. The molecule has 0 bridgehead atoms. The third-order valence-corrected chi connectivity index (χ3v) is 8.55. The standard InChI is InChI=1S/C28H27FN4O5S/c1-3-17-6-11-24-22(13-17)25(21-5-4-12-30-27(21)35)26(28(36)32-39(37,38)20-8-9-20)33(24)15-18-14-19(31-16(2)34)7-10-23(18)29/h4-7,10-14,20H,3,8-9,15H2,1-2H3,(H,30,35)(H,31,34)(H,32,36). The van der Waals surface area contributed by atoms with Crippen molar-refractivity contribution in [2.24, 2.45) is 0 Å². The molecule has 0 unspecified atom stereocenters. The number of carbonyl (C=O) groups excluding carboxylic acids is 2. The first kappa shape index (κ1) is 26.4. The van der Waals surface area contributed by atoms with Crippen LogP contribution in [0, 0.1) is 5.82 Å². The van der Waals surface area contributed by atoms with Crippen molar-refractivity contribution >= 4 is 38.4 Å². The number of hydrogen-bond donors (Lipinski definition) is 3. The monoisotopic (exact) mass is 550 g/mol. The van der Waals surface area contributed by atoms with Crippen molar-refractivity contribution in [1.29, 1.82) is 0 Å². The third kappa shape index (κ3) is 5.22. The molecule has 2 amide bonds. The lowest BCUT2D eigenvalue weighted by Gasteiger charge is -2.14. The van der Waals surface area contributed by atoms with Gasteiger partial charge in [0, 0.05) is 46.4 Å². The molecule has 0 saturated heterocycles. The Morgan fingerprint density at radius 1 is 1.13 bits per heavy atom. The predicted octanol–water partition coefficient (Wildman–Crippen LogP) is 3.93. The number of rotatable bonds is 8. The topological polar surface area (TPSA) is 130 Å². The van der Waals surface area contributed by atoms with E-state index in [9.17, 15) is 22.8 Å². The highest BCUT2D eigenvalue weighted by Crippen LogP contribution is 2.36. The van der Waals surface area contributed by atoms with Crippen LogP contribution in [0.25, 0.3) is 22.0 Å². The second kappa shape index (κ2) is 10.1. The molecule has 0 radical (unpaired) electrons. The molecule has 3 N–H and O–H groups in total. The zero-order valence-corrected chi connectivity index (χ0v) is 22.2. The van der Waals surface area contributed by atoms with Gasteiger partial charge < -0.3 is 14.9 Å². The Hall–Kier alpha value is -4.25. The van der Waals surface area contributed by atoms with Crippen LogP contribution in [-0.4, -0.2) is 35.0 Å². The number of sulfonamides is 1. The van der Waals surface area contributed by atoms with E-state index < -0.39 is 32.6 Å².